The fraction of sp³-hybridized carbons (Fsp3) is 0.217. The fourth-order valence-electron chi connectivity index (χ4n) is 2.92. The van der Waals surface area contributed by atoms with Crippen molar-refractivity contribution in [3.63, 3.8) is 0 Å². The maximum absolute atomic E-state index is 13.6. The van der Waals surface area contributed by atoms with E-state index in [2.05, 4.69) is 10.3 Å². The van der Waals surface area contributed by atoms with Gasteiger partial charge >= 0.3 is 5.97 Å². The van der Waals surface area contributed by atoms with E-state index in [9.17, 15) is 27.6 Å². The molecule has 0 fully saturated rings. The molecule has 1 aromatic heterocycles. The first-order chi connectivity index (χ1) is 15.7. The fourth-order valence-corrected chi connectivity index (χ4v) is 2.92. The van der Waals surface area contributed by atoms with Crippen molar-refractivity contribution in [3.8, 4) is 0 Å². The number of anilines is 1. The predicted molar refractivity (Wildman–Crippen MR) is 114 cm³/mol. The zero-order valence-electron chi connectivity index (χ0n) is 17.5. The van der Waals surface area contributed by atoms with Crippen molar-refractivity contribution >= 4 is 34.4 Å². The molecule has 33 heavy (non-hydrogen) atoms. The van der Waals surface area contributed by atoms with Crippen LogP contribution in [0.15, 0.2) is 48.5 Å². The summed E-state index contributed by atoms with van der Waals surface area (Å²) in [6, 6.07) is 12.8. The monoisotopic (exact) mass is 459 g/mol. The number of aryl methyl sites for hydroxylation is 1. The molecule has 10 heteroatoms. The van der Waals surface area contributed by atoms with Gasteiger partial charge in [-0.2, -0.15) is 0 Å². The van der Waals surface area contributed by atoms with E-state index in [0.717, 1.165) is 17.0 Å². The molecule has 0 aliphatic rings. The number of rotatable bonds is 8. The molecular weight excluding hydrogens is 439 g/mol. The van der Waals surface area contributed by atoms with Gasteiger partial charge < -0.3 is 15.4 Å². The molecule has 7 nitrogen and oxygen atoms in total. The van der Waals surface area contributed by atoms with Crippen molar-refractivity contribution in [1.29, 1.82) is 0 Å². The first kappa shape index (κ1) is 23.7. The average Bonchev–Trinajstić information content (AvgIpc) is 2.81. The number of nitrogens with zero attached hydrogens (tertiary/aromatic N) is 1. The molecule has 1 unspecified atom stereocenters. The minimum absolute atomic E-state index is 0.00114. The van der Waals surface area contributed by atoms with Crippen LogP contribution in [-0.2, 0) is 25.5 Å². The van der Waals surface area contributed by atoms with Gasteiger partial charge in [0.1, 0.15) is 0 Å². The molecule has 0 aliphatic carbocycles. The van der Waals surface area contributed by atoms with Gasteiger partial charge in [0.15, 0.2) is 23.6 Å². The van der Waals surface area contributed by atoms with E-state index in [0.29, 0.717) is 18.2 Å². The van der Waals surface area contributed by atoms with Gasteiger partial charge in [-0.05, 0) is 31.2 Å². The smallest absolute Gasteiger partial charge is 0.306 e. The lowest BCUT2D eigenvalue weighted by Crippen LogP contribution is -2.40. The largest absolute Gasteiger partial charge is 0.453 e. The number of benzene rings is 2. The van der Waals surface area contributed by atoms with Gasteiger partial charge in [-0.15, -0.1) is 0 Å². The van der Waals surface area contributed by atoms with Crippen LogP contribution in [0.5, 0.6) is 0 Å². The first-order valence-electron chi connectivity index (χ1n) is 10.00. The number of esters is 1. The van der Waals surface area contributed by atoms with Gasteiger partial charge in [-0.25, -0.2) is 13.2 Å². The molecule has 1 atom stereocenters. The van der Waals surface area contributed by atoms with Crippen LogP contribution in [0.25, 0.3) is 10.9 Å². The second-order valence-corrected chi connectivity index (χ2v) is 7.12. The number of hydrogen-bond acceptors (Lipinski definition) is 5. The number of carbonyl (C=O) groups excluding carboxylic acids is 3. The van der Waals surface area contributed by atoms with Crippen LogP contribution >= 0.6 is 0 Å². The van der Waals surface area contributed by atoms with Crippen LogP contribution in [0.3, 0.4) is 0 Å². The summed E-state index contributed by atoms with van der Waals surface area (Å²) in [5.74, 6) is -6.94. The highest BCUT2D eigenvalue weighted by atomic mass is 19.2. The zero-order chi connectivity index (χ0) is 24.0. The summed E-state index contributed by atoms with van der Waals surface area (Å²) in [6.07, 6.45) is -0.867. The number of hydrogen-bond donors (Lipinski definition) is 2. The van der Waals surface area contributed by atoms with E-state index in [1.165, 1.54) is 6.92 Å². The standard InChI is InChI=1S/C23H20F3N3O4/c1-13(23(32)27-12-19(30)29-18-10-9-16(24)21(25)22(18)26)33-20(31)11-8-15-7-6-14-4-2-3-5-17(14)28-15/h2-7,9-10,13H,8,11-12H2,1H3,(H,27,32)(H,29,30). The number of carbonyl (C=O) groups is 3. The molecule has 1 heterocycles. The Hall–Kier alpha value is -3.95. The van der Waals surface area contributed by atoms with Gasteiger partial charge in [0.25, 0.3) is 5.91 Å². The van der Waals surface area contributed by atoms with Crippen molar-refractivity contribution < 1.29 is 32.3 Å². The van der Waals surface area contributed by atoms with Crippen molar-refractivity contribution in [1.82, 2.24) is 10.3 Å². The first-order valence-corrected chi connectivity index (χ1v) is 10.00. The third-order valence-corrected chi connectivity index (χ3v) is 4.65. The number of aromatic nitrogens is 1. The lowest BCUT2D eigenvalue weighted by atomic mass is 10.1. The molecule has 0 saturated carbocycles. The molecule has 2 aromatic carbocycles. The highest BCUT2D eigenvalue weighted by Gasteiger charge is 2.20. The number of halogens is 3. The van der Waals surface area contributed by atoms with Crippen LogP contribution in [-0.4, -0.2) is 35.4 Å². The molecule has 172 valence electrons. The lowest BCUT2D eigenvalue weighted by Gasteiger charge is -2.14. The Labute approximate surface area is 187 Å². The number of fused-ring (bicyclic) bond motifs is 1. The molecule has 0 spiro atoms. The van der Waals surface area contributed by atoms with Gasteiger partial charge in [0.05, 0.1) is 24.2 Å². The summed E-state index contributed by atoms with van der Waals surface area (Å²) in [5, 5.41) is 5.21. The Kier molecular flexibility index (Phi) is 7.60. The maximum atomic E-state index is 13.6. The molecule has 0 radical (unpaired) electrons. The zero-order valence-corrected chi connectivity index (χ0v) is 17.5. The highest BCUT2D eigenvalue weighted by Crippen LogP contribution is 2.19. The second-order valence-electron chi connectivity index (χ2n) is 7.12. The number of nitrogens with one attached hydrogen (secondary N) is 2. The quantitative estimate of drug-likeness (QED) is 0.398. The Morgan fingerprint density at radius 3 is 2.55 bits per heavy atom. The number of ether oxygens (including phenoxy) is 1. The summed E-state index contributed by atoms with van der Waals surface area (Å²) >= 11 is 0. The summed E-state index contributed by atoms with van der Waals surface area (Å²) in [5.41, 5.74) is 0.927. The van der Waals surface area contributed by atoms with E-state index in [1.54, 1.807) is 6.07 Å². The maximum Gasteiger partial charge on any atom is 0.306 e. The normalized spacial score (nSPS) is 11.6. The number of para-hydroxylation sites is 1. The Morgan fingerprint density at radius 2 is 1.76 bits per heavy atom. The van der Waals surface area contributed by atoms with Crippen LogP contribution in [0.2, 0.25) is 0 Å². The van der Waals surface area contributed by atoms with E-state index >= 15 is 0 Å². The molecule has 3 rings (SSSR count). The number of pyridine rings is 1. The van der Waals surface area contributed by atoms with E-state index in [1.807, 2.05) is 35.6 Å². The van der Waals surface area contributed by atoms with Crippen LogP contribution < -0.4 is 10.6 Å². The minimum Gasteiger partial charge on any atom is -0.453 e. The minimum atomic E-state index is -1.73. The van der Waals surface area contributed by atoms with Crippen molar-refractivity contribution in [2.45, 2.75) is 25.9 Å². The summed E-state index contributed by atoms with van der Waals surface area (Å²) in [7, 11) is 0. The Morgan fingerprint density at radius 1 is 1.00 bits per heavy atom. The van der Waals surface area contributed by atoms with Gasteiger partial charge in [-0.1, -0.05) is 24.3 Å². The summed E-state index contributed by atoms with van der Waals surface area (Å²) < 4.78 is 44.8. The van der Waals surface area contributed by atoms with E-state index in [4.69, 9.17) is 4.74 Å². The van der Waals surface area contributed by atoms with Crippen LogP contribution in [0.4, 0.5) is 18.9 Å². The van der Waals surface area contributed by atoms with Crippen molar-refractivity contribution in [3.05, 3.63) is 71.7 Å². The Bertz CT molecular complexity index is 1200. The third-order valence-electron chi connectivity index (χ3n) is 4.65. The van der Waals surface area contributed by atoms with Gasteiger partial charge in [0, 0.05) is 17.5 Å². The SMILES string of the molecule is CC(OC(=O)CCc1ccc2ccccc2n1)C(=O)NCC(=O)Nc1ccc(F)c(F)c1F. The van der Waals surface area contributed by atoms with Crippen LogP contribution in [0, 0.1) is 17.5 Å². The molecule has 0 aliphatic heterocycles. The van der Waals surface area contributed by atoms with E-state index < -0.39 is 53.6 Å². The second kappa shape index (κ2) is 10.6. The summed E-state index contributed by atoms with van der Waals surface area (Å²) in [4.78, 5) is 40.4. The van der Waals surface area contributed by atoms with Crippen LogP contribution in [0.1, 0.15) is 19.0 Å². The molecule has 0 bridgehead atoms. The topological polar surface area (TPSA) is 97.4 Å². The number of amides is 2. The Balaban J connectivity index is 1.43. The molecule has 0 saturated heterocycles. The molecule has 2 N–H and O–H groups in total. The molecule has 3 aromatic rings. The average molecular weight is 459 g/mol. The predicted octanol–water partition coefficient (Wildman–Crippen LogP) is 3.27. The van der Waals surface area contributed by atoms with Crippen molar-refractivity contribution in [2.75, 3.05) is 11.9 Å². The summed E-state index contributed by atoms with van der Waals surface area (Å²) in [6.45, 7) is 0.731. The molecule has 2 amide bonds. The molecular formula is C23H20F3N3O4. The lowest BCUT2D eigenvalue weighted by molar-refractivity contribution is -0.154. The third kappa shape index (κ3) is 6.28. The van der Waals surface area contributed by atoms with Crippen molar-refractivity contribution in [2.24, 2.45) is 0 Å². The van der Waals surface area contributed by atoms with E-state index in [-0.39, 0.29) is 6.42 Å². The van der Waals surface area contributed by atoms with Gasteiger partial charge in [0.2, 0.25) is 5.91 Å². The highest BCUT2D eigenvalue weighted by molar-refractivity contribution is 5.95. The van der Waals surface area contributed by atoms with Gasteiger partial charge in [-0.3, -0.25) is 19.4 Å².